The Morgan fingerprint density at radius 1 is 1.16 bits per heavy atom. The maximum atomic E-state index is 13.1. The summed E-state index contributed by atoms with van der Waals surface area (Å²) in [4.78, 5) is 27.4. The van der Waals surface area contributed by atoms with Crippen molar-refractivity contribution in [3.8, 4) is 5.75 Å². The van der Waals surface area contributed by atoms with Crippen molar-refractivity contribution in [1.82, 2.24) is 15.4 Å². The number of nitrogens with zero attached hydrogens (tertiary/aromatic N) is 2. The zero-order valence-electron chi connectivity index (χ0n) is 17.7. The smallest absolute Gasteiger partial charge is 0.273 e. The lowest BCUT2D eigenvalue weighted by molar-refractivity contribution is 0.0569. The van der Waals surface area contributed by atoms with Gasteiger partial charge in [0.05, 0.1) is 13.2 Å². The molecule has 8 heteroatoms. The molecule has 2 heterocycles. The molecule has 2 amide bonds. The van der Waals surface area contributed by atoms with Crippen LogP contribution in [0.3, 0.4) is 0 Å². The van der Waals surface area contributed by atoms with Crippen molar-refractivity contribution in [1.29, 1.82) is 0 Å². The normalized spacial score (nSPS) is 15.9. The molecule has 1 atom stereocenters. The third kappa shape index (κ3) is 4.80. The van der Waals surface area contributed by atoms with Crippen molar-refractivity contribution in [2.75, 3.05) is 13.7 Å². The second-order valence-electron chi connectivity index (χ2n) is 7.66. The molecule has 0 spiro atoms. The van der Waals surface area contributed by atoms with Gasteiger partial charge in [-0.1, -0.05) is 17.3 Å². The number of piperidine rings is 1. The largest absolute Gasteiger partial charge is 0.497 e. The third-order valence-corrected chi connectivity index (χ3v) is 5.56. The van der Waals surface area contributed by atoms with Crippen LogP contribution in [-0.4, -0.2) is 35.5 Å². The monoisotopic (exact) mass is 437 g/mol. The molecule has 1 aliphatic rings. The van der Waals surface area contributed by atoms with E-state index in [2.05, 4.69) is 10.5 Å². The second-order valence-corrected chi connectivity index (χ2v) is 7.66. The van der Waals surface area contributed by atoms with Crippen LogP contribution in [0, 0.1) is 5.82 Å². The summed E-state index contributed by atoms with van der Waals surface area (Å²) in [6, 6.07) is 14.2. The van der Waals surface area contributed by atoms with Crippen LogP contribution < -0.4 is 10.1 Å². The van der Waals surface area contributed by atoms with Gasteiger partial charge in [0, 0.05) is 24.7 Å². The van der Waals surface area contributed by atoms with E-state index in [0.717, 1.165) is 24.8 Å². The van der Waals surface area contributed by atoms with Gasteiger partial charge < -0.3 is 19.5 Å². The number of halogens is 1. The van der Waals surface area contributed by atoms with E-state index in [1.54, 1.807) is 54.5 Å². The predicted molar refractivity (Wildman–Crippen MR) is 115 cm³/mol. The van der Waals surface area contributed by atoms with Gasteiger partial charge in [-0.25, -0.2) is 4.39 Å². The first-order valence-corrected chi connectivity index (χ1v) is 10.5. The fraction of sp³-hybridized carbons (Fsp3) is 0.292. The molecule has 4 rings (SSSR count). The lowest BCUT2D eigenvalue weighted by Crippen LogP contribution is -2.38. The van der Waals surface area contributed by atoms with Crippen molar-refractivity contribution in [2.45, 2.75) is 31.8 Å². The van der Waals surface area contributed by atoms with Crippen LogP contribution in [0.4, 0.5) is 4.39 Å². The molecule has 3 aromatic rings. The summed E-state index contributed by atoms with van der Waals surface area (Å²) in [6.07, 6.45) is 2.58. The third-order valence-electron chi connectivity index (χ3n) is 5.56. The second kappa shape index (κ2) is 9.64. The van der Waals surface area contributed by atoms with Crippen molar-refractivity contribution in [2.24, 2.45) is 0 Å². The molecule has 166 valence electrons. The Labute approximate surface area is 185 Å². The molecule has 1 aliphatic heterocycles. The Morgan fingerprint density at radius 2 is 1.91 bits per heavy atom. The number of methoxy groups -OCH3 is 1. The maximum absolute atomic E-state index is 13.1. The Kier molecular flexibility index (Phi) is 6.49. The predicted octanol–water partition coefficient (Wildman–Crippen LogP) is 4.12. The molecule has 1 saturated heterocycles. The molecular formula is C24H24FN3O4. The van der Waals surface area contributed by atoms with Gasteiger partial charge in [0.15, 0.2) is 11.5 Å². The summed E-state index contributed by atoms with van der Waals surface area (Å²) in [5, 5.41) is 6.65. The Hall–Kier alpha value is -3.68. The standard InChI is InChI=1S/C24H24FN3O4/c1-31-19-11-7-17(8-12-19)24(30)28-13-3-2-4-21(28)22-14-20(27-32-22)23(29)26-15-16-5-9-18(25)10-6-16/h5-12,14,21H,2-4,13,15H2,1H3,(H,26,29). The minimum absolute atomic E-state index is 0.101. The lowest BCUT2D eigenvalue weighted by Gasteiger charge is -2.34. The topological polar surface area (TPSA) is 84.7 Å². The number of amides is 2. The number of likely N-dealkylation sites (tertiary alicyclic amines) is 1. The van der Waals surface area contributed by atoms with E-state index in [1.165, 1.54) is 12.1 Å². The quantitative estimate of drug-likeness (QED) is 0.627. The molecule has 1 fully saturated rings. The van der Waals surface area contributed by atoms with Crippen molar-refractivity contribution < 1.29 is 23.2 Å². The average molecular weight is 437 g/mol. The van der Waals surface area contributed by atoms with E-state index in [1.807, 2.05) is 0 Å². The molecular weight excluding hydrogens is 413 g/mol. The van der Waals surface area contributed by atoms with Crippen molar-refractivity contribution in [3.05, 3.63) is 83.0 Å². The molecule has 0 radical (unpaired) electrons. The maximum Gasteiger partial charge on any atom is 0.273 e. The van der Waals surface area contributed by atoms with Crippen LogP contribution in [0.2, 0.25) is 0 Å². The van der Waals surface area contributed by atoms with Gasteiger partial charge in [0.25, 0.3) is 11.8 Å². The number of hydrogen-bond donors (Lipinski definition) is 1. The first kappa shape index (κ1) is 21.5. The first-order chi connectivity index (χ1) is 15.5. The lowest BCUT2D eigenvalue weighted by atomic mass is 9.98. The number of benzene rings is 2. The van der Waals surface area contributed by atoms with Crippen LogP contribution >= 0.6 is 0 Å². The van der Waals surface area contributed by atoms with Gasteiger partial charge in [0.1, 0.15) is 11.6 Å². The van der Waals surface area contributed by atoms with Gasteiger partial charge >= 0.3 is 0 Å². The first-order valence-electron chi connectivity index (χ1n) is 10.5. The SMILES string of the molecule is COc1ccc(C(=O)N2CCCCC2c2cc(C(=O)NCc3ccc(F)cc3)no2)cc1. The highest BCUT2D eigenvalue weighted by Gasteiger charge is 2.32. The molecule has 7 nitrogen and oxygen atoms in total. The summed E-state index contributed by atoms with van der Waals surface area (Å²) in [6.45, 7) is 0.842. The van der Waals surface area contributed by atoms with Gasteiger partial charge in [-0.2, -0.15) is 0 Å². The Balaban J connectivity index is 1.45. The van der Waals surface area contributed by atoms with E-state index >= 15 is 0 Å². The number of rotatable bonds is 6. The molecule has 1 N–H and O–H groups in total. The molecule has 32 heavy (non-hydrogen) atoms. The summed E-state index contributed by atoms with van der Waals surface area (Å²) in [5.41, 5.74) is 1.48. The molecule has 0 saturated carbocycles. The van der Waals surface area contributed by atoms with Gasteiger partial charge in [-0.05, 0) is 61.2 Å². The minimum atomic E-state index is -0.395. The summed E-state index contributed by atoms with van der Waals surface area (Å²) in [7, 11) is 1.58. The average Bonchev–Trinajstić information content (AvgIpc) is 3.33. The van der Waals surface area contributed by atoms with Crippen LogP contribution in [0.5, 0.6) is 5.75 Å². The zero-order chi connectivity index (χ0) is 22.5. The minimum Gasteiger partial charge on any atom is -0.497 e. The number of carbonyl (C=O) groups is 2. The van der Waals surface area contributed by atoms with E-state index in [-0.39, 0.29) is 30.0 Å². The number of aromatic nitrogens is 1. The van der Waals surface area contributed by atoms with Crippen LogP contribution in [-0.2, 0) is 6.54 Å². The van der Waals surface area contributed by atoms with E-state index in [0.29, 0.717) is 23.6 Å². The van der Waals surface area contributed by atoms with Crippen LogP contribution in [0.1, 0.15) is 57.5 Å². The number of nitrogens with one attached hydrogen (secondary N) is 1. The molecule has 0 bridgehead atoms. The number of hydrogen-bond acceptors (Lipinski definition) is 5. The van der Waals surface area contributed by atoms with Crippen LogP contribution in [0.25, 0.3) is 0 Å². The van der Waals surface area contributed by atoms with E-state index < -0.39 is 5.91 Å². The van der Waals surface area contributed by atoms with Crippen molar-refractivity contribution in [3.63, 3.8) is 0 Å². The van der Waals surface area contributed by atoms with Crippen LogP contribution in [0.15, 0.2) is 59.1 Å². The molecule has 2 aromatic carbocycles. The van der Waals surface area contributed by atoms with Gasteiger partial charge in [-0.15, -0.1) is 0 Å². The zero-order valence-corrected chi connectivity index (χ0v) is 17.7. The van der Waals surface area contributed by atoms with Gasteiger partial charge in [-0.3, -0.25) is 9.59 Å². The highest BCUT2D eigenvalue weighted by Crippen LogP contribution is 2.32. The molecule has 1 unspecified atom stereocenters. The van der Waals surface area contributed by atoms with Gasteiger partial charge in [0.2, 0.25) is 0 Å². The number of ether oxygens (including phenoxy) is 1. The summed E-state index contributed by atoms with van der Waals surface area (Å²) < 4.78 is 23.6. The Bertz CT molecular complexity index is 1080. The highest BCUT2D eigenvalue weighted by atomic mass is 19.1. The number of carbonyl (C=O) groups excluding carboxylic acids is 2. The fourth-order valence-corrected chi connectivity index (χ4v) is 3.80. The van der Waals surface area contributed by atoms with Crippen molar-refractivity contribution >= 4 is 11.8 Å². The molecule has 0 aliphatic carbocycles. The van der Waals surface area contributed by atoms with E-state index in [9.17, 15) is 14.0 Å². The molecule has 1 aromatic heterocycles. The van der Waals surface area contributed by atoms with E-state index in [4.69, 9.17) is 9.26 Å². The summed E-state index contributed by atoms with van der Waals surface area (Å²) >= 11 is 0. The Morgan fingerprint density at radius 3 is 2.62 bits per heavy atom. The highest BCUT2D eigenvalue weighted by molar-refractivity contribution is 5.95. The summed E-state index contributed by atoms with van der Waals surface area (Å²) in [5.74, 6) is 0.341. The fourth-order valence-electron chi connectivity index (χ4n) is 3.80.